The third kappa shape index (κ3) is 4.32. The fourth-order valence-corrected chi connectivity index (χ4v) is 1.08. The van der Waals surface area contributed by atoms with E-state index >= 15 is 0 Å². The first-order valence-electron chi connectivity index (χ1n) is 4.65. The van der Waals surface area contributed by atoms with Gasteiger partial charge in [0.1, 0.15) is 0 Å². The van der Waals surface area contributed by atoms with Crippen LogP contribution in [0.4, 0.5) is 0 Å². The van der Waals surface area contributed by atoms with E-state index in [4.69, 9.17) is 0 Å². The smallest absolute Gasteiger partial charge is 0.00756 e. The zero-order chi connectivity index (χ0) is 9.52. The standard InChI is InChI=1S/C7H8.C6H8/c1-7-5-3-2-4-6-7;1-6-4-2-3-5-6/h2-6H,1H3;2-6H,1H3. The van der Waals surface area contributed by atoms with Crippen LogP contribution in [0.3, 0.4) is 0 Å². The van der Waals surface area contributed by atoms with Crippen LogP contribution in [0.15, 0.2) is 54.6 Å². The maximum Gasteiger partial charge on any atom is -0.00756 e. The maximum atomic E-state index is 2.17. The summed E-state index contributed by atoms with van der Waals surface area (Å²) in [5.74, 6) is 0.685. The molecule has 1 aromatic carbocycles. The van der Waals surface area contributed by atoms with Crippen LogP contribution in [0.5, 0.6) is 0 Å². The Labute approximate surface area is 80.6 Å². The van der Waals surface area contributed by atoms with Gasteiger partial charge in [0.25, 0.3) is 0 Å². The fourth-order valence-electron chi connectivity index (χ4n) is 1.08. The van der Waals surface area contributed by atoms with Crippen LogP contribution in [0.25, 0.3) is 0 Å². The van der Waals surface area contributed by atoms with Crippen molar-refractivity contribution < 1.29 is 0 Å². The minimum atomic E-state index is 0.685. The van der Waals surface area contributed by atoms with Crippen molar-refractivity contribution in [3.8, 4) is 0 Å². The largest absolute Gasteiger partial charge is 0.0779 e. The Hall–Kier alpha value is -1.30. The van der Waals surface area contributed by atoms with Gasteiger partial charge in [-0.2, -0.15) is 0 Å². The molecule has 0 bridgehead atoms. The Balaban J connectivity index is 0.000000132. The molecule has 68 valence electrons. The molecule has 0 spiro atoms. The first-order chi connectivity index (χ1) is 6.29. The van der Waals surface area contributed by atoms with E-state index in [2.05, 4.69) is 50.3 Å². The summed E-state index contributed by atoms with van der Waals surface area (Å²) in [5.41, 5.74) is 1.32. The van der Waals surface area contributed by atoms with E-state index in [1.54, 1.807) is 0 Å². The Morgan fingerprint density at radius 3 is 1.69 bits per heavy atom. The van der Waals surface area contributed by atoms with Crippen molar-refractivity contribution in [2.24, 2.45) is 5.92 Å². The molecule has 0 heteroatoms. The molecule has 1 aliphatic carbocycles. The van der Waals surface area contributed by atoms with Crippen LogP contribution < -0.4 is 0 Å². The molecule has 0 saturated carbocycles. The van der Waals surface area contributed by atoms with Crippen molar-refractivity contribution in [1.82, 2.24) is 0 Å². The van der Waals surface area contributed by atoms with Gasteiger partial charge in [-0.1, -0.05) is 67.1 Å². The van der Waals surface area contributed by atoms with Crippen LogP contribution in [0.2, 0.25) is 0 Å². The Morgan fingerprint density at radius 1 is 0.923 bits per heavy atom. The predicted octanol–water partition coefficient (Wildman–Crippen LogP) is 3.74. The summed E-state index contributed by atoms with van der Waals surface area (Å²) in [6.45, 7) is 4.25. The van der Waals surface area contributed by atoms with Crippen molar-refractivity contribution in [3.05, 3.63) is 60.2 Å². The Morgan fingerprint density at radius 2 is 1.46 bits per heavy atom. The van der Waals surface area contributed by atoms with Crippen molar-refractivity contribution in [2.45, 2.75) is 13.8 Å². The fraction of sp³-hybridized carbons (Fsp3) is 0.231. The summed E-state index contributed by atoms with van der Waals surface area (Å²) < 4.78 is 0. The number of aryl methyl sites for hydroxylation is 1. The number of rotatable bonds is 0. The third-order valence-electron chi connectivity index (χ3n) is 1.88. The van der Waals surface area contributed by atoms with Crippen LogP contribution in [-0.4, -0.2) is 0 Å². The van der Waals surface area contributed by atoms with Crippen LogP contribution in [-0.2, 0) is 0 Å². The molecule has 0 aliphatic heterocycles. The summed E-state index contributed by atoms with van der Waals surface area (Å²) in [7, 11) is 0. The first kappa shape index (κ1) is 9.79. The SMILES string of the molecule is CC1C=CC=C1.Cc1ccccc1. The highest BCUT2D eigenvalue weighted by atomic mass is 14.0. The lowest BCUT2D eigenvalue weighted by Gasteiger charge is -1.84. The molecule has 0 radical (unpaired) electrons. The molecule has 0 saturated heterocycles. The maximum absolute atomic E-state index is 2.17. The molecule has 0 aromatic heterocycles. The quantitative estimate of drug-likeness (QED) is 0.559. The second kappa shape index (κ2) is 5.36. The molecular formula is C13H16. The highest BCUT2D eigenvalue weighted by molar-refractivity contribution is 5.15. The topological polar surface area (TPSA) is 0 Å². The van der Waals surface area contributed by atoms with Crippen molar-refractivity contribution in [1.29, 1.82) is 0 Å². The van der Waals surface area contributed by atoms with Gasteiger partial charge in [0.15, 0.2) is 0 Å². The van der Waals surface area contributed by atoms with Crippen LogP contribution in [0, 0.1) is 12.8 Å². The molecule has 0 unspecified atom stereocenters. The average molecular weight is 172 g/mol. The van der Waals surface area contributed by atoms with Crippen molar-refractivity contribution >= 4 is 0 Å². The van der Waals surface area contributed by atoms with E-state index < -0.39 is 0 Å². The van der Waals surface area contributed by atoms with E-state index in [1.807, 2.05) is 18.2 Å². The van der Waals surface area contributed by atoms with Crippen LogP contribution >= 0.6 is 0 Å². The second-order valence-electron chi connectivity index (χ2n) is 3.28. The van der Waals surface area contributed by atoms with E-state index in [9.17, 15) is 0 Å². The van der Waals surface area contributed by atoms with Gasteiger partial charge < -0.3 is 0 Å². The van der Waals surface area contributed by atoms with Crippen LogP contribution in [0.1, 0.15) is 12.5 Å². The molecule has 0 nitrogen and oxygen atoms in total. The third-order valence-corrected chi connectivity index (χ3v) is 1.88. The minimum absolute atomic E-state index is 0.685. The molecule has 1 aliphatic rings. The summed E-state index contributed by atoms with van der Waals surface area (Å²) in [6.07, 6.45) is 8.48. The van der Waals surface area contributed by atoms with E-state index in [0.29, 0.717) is 5.92 Å². The summed E-state index contributed by atoms with van der Waals surface area (Å²) in [4.78, 5) is 0. The lowest BCUT2D eigenvalue weighted by Crippen LogP contribution is -1.72. The lowest BCUT2D eigenvalue weighted by molar-refractivity contribution is 0.958. The van der Waals surface area contributed by atoms with Gasteiger partial charge in [0, 0.05) is 0 Å². The van der Waals surface area contributed by atoms with Gasteiger partial charge in [-0.3, -0.25) is 0 Å². The molecule has 0 fully saturated rings. The molecule has 0 atom stereocenters. The predicted molar refractivity (Wildman–Crippen MR) is 58.6 cm³/mol. The molecule has 1 aromatic rings. The van der Waals surface area contributed by atoms with Gasteiger partial charge in [0.05, 0.1) is 0 Å². The van der Waals surface area contributed by atoms with Crippen molar-refractivity contribution in [2.75, 3.05) is 0 Å². The summed E-state index contributed by atoms with van der Waals surface area (Å²) >= 11 is 0. The highest BCUT2D eigenvalue weighted by Gasteiger charge is 1.89. The van der Waals surface area contributed by atoms with Gasteiger partial charge in [-0.25, -0.2) is 0 Å². The zero-order valence-electron chi connectivity index (χ0n) is 8.27. The molecule has 13 heavy (non-hydrogen) atoms. The summed E-state index contributed by atoms with van der Waals surface area (Å²) in [6, 6.07) is 10.3. The molecule has 0 N–H and O–H groups in total. The highest BCUT2D eigenvalue weighted by Crippen LogP contribution is 2.04. The Kier molecular flexibility index (Phi) is 4.04. The Bertz CT molecular complexity index is 268. The number of allylic oxidation sites excluding steroid dienone is 4. The first-order valence-corrected chi connectivity index (χ1v) is 4.65. The molecular weight excluding hydrogens is 156 g/mol. The molecule has 0 amide bonds. The molecule has 2 rings (SSSR count). The lowest BCUT2D eigenvalue weighted by atomic mass is 10.2. The zero-order valence-corrected chi connectivity index (χ0v) is 8.27. The number of hydrogen-bond acceptors (Lipinski definition) is 0. The summed E-state index contributed by atoms with van der Waals surface area (Å²) in [5, 5.41) is 0. The monoisotopic (exact) mass is 172 g/mol. The normalized spacial score (nSPS) is 14.0. The van der Waals surface area contributed by atoms with Crippen molar-refractivity contribution in [3.63, 3.8) is 0 Å². The van der Waals surface area contributed by atoms with Gasteiger partial charge >= 0.3 is 0 Å². The van der Waals surface area contributed by atoms with Gasteiger partial charge in [-0.05, 0) is 12.8 Å². The minimum Gasteiger partial charge on any atom is -0.0779 e. The van der Waals surface area contributed by atoms with E-state index in [1.165, 1.54) is 5.56 Å². The number of hydrogen-bond donors (Lipinski definition) is 0. The second-order valence-corrected chi connectivity index (χ2v) is 3.28. The average Bonchev–Trinajstić information content (AvgIpc) is 2.58. The van der Waals surface area contributed by atoms with E-state index in [0.717, 1.165) is 0 Å². The van der Waals surface area contributed by atoms with E-state index in [-0.39, 0.29) is 0 Å². The number of benzene rings is 1. The van der Waals surface area contributed by atoms with Gasteiger partial charge in [-0.15, -0.1) is 0 Å². The molecule has 0 heterocycles. The van der Waals surface area contributed by atoms with Gasteiger partial charge in [0.2, 0.25) is 0 Å².